The van der Waals surface area contributed by atoms with Crippen molar-refractivity contribution in [2.45, 2.75) is 12.1 Å². The molecule has 0 saturated heterocycles. The quantitative estimate of drug-likeness (QED) is 0.350. The second kappa shape index (κ2) is 18.5. The molecular weight excluding hydrogens is 315 g/mol. The van der Waals surface area contributed by atoms with Crippen LogP contribution < -0.4 is 11.5 Å². The first kappa shape index (κ1) is 30.3. The van der Waals surface area contributed by atoms with Gasteiger partial charge in [-0.3, -0.25) is 9.59 Å². The van der Waals surface area contributed by atoms with Gasteiger partial charge in [0.05, 0.1) is 0 Å². The number of carboxylic acids is 2. The second-order valence-corrected chi connectivity index (χ2v) is 2.98. The van der Waals surface area contributed by atoms with E-state index in [9.17, 15) is 9.59 Å². The lowest BCUT2D eigenvalue weighted by Gasteiger charge is -1.96. The average molecular weight is 333 g/mol. The maximum atomic E-state index is 9.76. The van der Waals surface area contributed by atoms with Crippen molar-refractivity contribution in [3.8, 4) is 0 Å². The van der Waals surface area contributed by atoms with Crippen LogP contribution in [0.15, 0.2) is 0 Å². The first-order valence-electron chi connectivity index (χ1n) is 3.55. The largest absolute Gasteiger partial charge is 0.480 e. The van der Waals surface area contributed by atoms with Crippen molar-refractivity contribution in [2.24, 2.45) is 11.5 Å². The lowest BCUT2D eigenvalue weighted by Crippen LogP contribution is -2.31. The average Bonchev–Trinajstić information content (AvgIpc) is 2.15. The van der Waals surface area contributed by atoms with Gasteiger partial charge in [0.1, 0.15) is 12.1 Å². The zero-order valence-corrected chi connectivity index (χ0v) is 12.1. The van der Waals surface area contributed by atoms with E-state index in [1.807, 2.05) is 0 Å². The van der Waals surface area contributed by atoms with E-state index in [2.05, 4.69) is 25.3 Å². The third-order valence-electron chi connectivity index (χ3n) is 1.03. The molecule has 7 nitrogen and oxygen atoms in total. The van der Waals surface area contributed by atoms with Crippen molar-refractivity contribution in [3.05, 3.63) is 0 Å². The van der Waals surface area contributed by atoms with Gasteiger partial charge in [-0.2, -0.15) is 25.3 Å². The van der Waals surface area contributed by atoms with Gasteiger partial charge in [-0.25, -0.2) is 0 Å². The van der Waals surface area contributed by atoms with E-state index in [4.69, 9.17) is 21.7 Å². The summed E-state index contributed by atoms with van der Waals surface area (Å²) in [7, 11) is 0. The van der Waals surface area contributed by atoms with Gasteiger partial charge >= 0.3 is 11.9 Å². The van der Waals surface area contributed by atoms with Gasteiger partial charge in [-0.1, -0.05) is 0 Å². The lowest BCUT2D eigenvalue weighted by molar-refractivity contribution is -0.138. The molecule has 2 atom stereocenters. The molecule has 11 heteroatoms. The van der Waals surface area contributed by atoms with Gasteiger partial charge in [0, 0.05) is 11.5 Å². The van der Waals surface area contributed by atoms with Crippen LogP contribution in [0.25, 0.3) is 0 Å². The third-order valence-corrected chi connectivity index (χ3v) is 1.81. The maximum absolute atomic E-state index is 9.76. The highest BCUT2D eigenvalue weighted by molar-refractivity contribution is 7.80. The fraction of sp³-hybridized carbons (Fsp3) is 0.667. The van der Waals surface area contributed by atoms with Crippen LogP contribution >= 0.6 is 50.1 Å². The van der Waals surface area contributed by atoms with E-state index in [0.717, 1.165) is 0 Å². The summed E-state index contributed by atoms with van der Waals surface area (Å²) in [4.78, 5) is 19.5. The zero-order valence-electron chi connectivity index (χ0n) is 8.65. The molecule has 0 aliphatic heterocycles. The molecule has 0 fully saturated rings. The Bertz CT molecular complexity index is 181. The molecular formula is C6H18Cl2N2O5S2. The second-order valence-electron chi connectivity index (χ2n) is 2.25. The molecule has 0 rings (SSSR count). The van der Waals surface area contributed by atoms with Crippen LogP contribution in [-0.4, -0.2) is 51.2 Å². The minimum absolute atomic E-state index is 0. The molecule has 0 amide bonds. The predicted octanol–water partition coefficient (Wildman–Crippen LogP) is -1.32. The Morgan fingerprint density at radius 1 is 0.941 bits per heavy atom. The molecule has 17 heavy (non-hydrogen) atoms. The number of halogens is 2. The molecule has 0 aromatic heterocycles. The molecule has 0 spiro atoms. The number of hydrogen-bond donors (Lipinski definition) is 6. The van der Waals surface area contributed by atoms with Crippen molar-refractivity contribution in [1.29, 1.82) is 0 Å². The highest BCUT2D eigenvalue weighted by Gasteiger charge is 2.06. The number of rotatable bonds is 4. The lowest BCUT2D eigenvalue weighted by atomic mass is 10.4. The molecule has 0 bridgehead atoms. The summed E-state index contributed by atoms with van der Waals surface area (Å²) in [6, 6.07) is -1.63. The predicted molar refractivity (Wildman–Crippen MR) is 77.0 cm³/mol. The maximum Gasteiger partial charge on any atom is 0.321 e. The van der Waals surface area contributed by atoms with Gasteiger partial charge in [0.25, 0.3) is 0 Å². The Kier molecular flexibility index (Phi) is 32.9. The van der Waals surface area contributed by atoms with Crippen molar-refractivity contribution >= 4 is 62.0 Å². The number of carbonyl (C=O) groups is 2. The van der Waals surface area contributed by atoms with Gasteiger partial charge in [0.15, 0.2) is 0 Å². The summed E-state index contributed by atoms with van der Waals surface area (Å²) in [6.07, 6.45) is 0. The van der Waals surface area contributed by atoms with Crippen LogP contribution in [-0.2, 0) is 9.59 Å². The molecule has 0 radical (unpaired) electrons. The fourth-order valence-electron chi connectivity index (χ4n) is 0.156. The summed E-state index contributed by atoms with van der Waals surface area (Å²) in [6.45, 7) is 0. The number of nitrogens with two attached hydrogens (primary N) is 2. The first-order chi connectivity index (χ1) is 6.36. The van der Waals surface area contributed by atoms with E-state index in [1.165, 1.54) is 0 Å². The molecule has 0 saturated carbocycles. The fourth-order valence-corrected chi connectivity index (χ4v) is 0.469. The van der Waals surface area contributed by atoms with Crippen molar-refractivity contribution < 1.29 is 25.3 Å². The summed E-state index contributed by atoms with van der Waals surface area (Å²) < 4.78 is 0. The van der Waals surface area contributed by atoms with Gasteiger partial charge < -0.3 is 27.2 Å². The Balaban J connectivity index is -0.0000000480. The molecule has 108 valence electrons. The van der Waals surface area contributed by atoms with Crippen LogP contribution in [0.2, 0.25) is 0 Å². The van der Waals surface area contributed by atoms with E-state index < -0.39 is 24.0 Å². The first-order valence-corrected chi connectivity index (χ1v) is 4.81. The summed E-state index contributed by atoms with van der Waals surface area (Å²) in [5.74, 6) is -1.63. The van der Waals surface area contributed by atoms with E-state index >= 15 is 0 Å². The Labute approximate surface area is 122 Å². The van der Waals surface area contributed by atoms with Crippen LogP contribution in [0.1, 0.15) is 0 Å². The Morgan fingerprint density at radius 3 is 1.12 bits per heavy atom. The summed E-state index contributed by atoms with van der Waals surface area (Å²) in [5.41, 5.74) is 9.88. The Morgan fingerprint density at radius 2 is 1.12 bits per heavy atom. The van der Waals surface area contributed by atoms with Crippen LogP contribution in [0.4, 0.5) is 0 Å². The monoisotopic (exact) mass is 332 g/mol. The van der Waals surface area contributed by atoms with Crippen molar-refractivity contribution in [1.82, 2.24) is 0 Å². The molecule has 8 N–H and O–H groups in total. The van der Waals surface area contributed by atoms with Crippen LogP contribution in [0.3, 0.4) is 0 Å². The molecule has 0 unspecified atom stereocenters. The standard InChI is InChI=1S/2C3H7NO2S.2ClH.H2O/c2*4-2(1-7)3(5)6;;;/h2*2,7H,1,4H2,(H,5,6);2*1H;1H2/t2*2-;;;/m00.../s1. The smallest absolute Gasteiger partial charge is 0.321 e. The number of thiol groups is 2. The molecule has 0 aliphatic carbocycles. The minimum Gasteiger partial charge on any atom is -0.480 e. The van der Waals surface area contributed by atoms with Crippen LogP contribution in [0, 0.1) is 0 Å². The van der Waals surface area contributed by atoms with Crippen molar-refractivity contribution in [3.63, 3.8) is 0 Å². The highest BCUT2D eigenvalue weighted by atomic mass is 35.5. The third kappa shape index (κ3) is 21.9. The number of carboxylic acid groups (broad SMARTS) is 2. The normalized spacial score (nSPS) is 11.1. The minimum atomic E-state index is -1.00. The Hall–Kier alpha value is 0.1000. The van der Waals surface area contributed by atoms with E-state index in [1.54, 1.807) is 0 Å². The molecule has 0 heterocycles. The van der Waals surface area contributed by atoms with Crippen molar-refractivity contribution in [2.75, 3.05) is 11.5 Å². The highest BCUT2D eigenvalue weighted by Crippen LogP contribution is 1.80. The molecule has 0 aliphatic rings. The number of aliphatic carboxylic acids is 2. The number of hydrogen-bond acceptors (Lipinski definition) is 6. The topological polar surface area (TPSA) is 158 Å². The molecule has 0 aromatic carbocycles. The summed E-state index contributed by atoms with van der Waals surface area (Å²) in [5, 5.41) is 16.0. The van der Waals surface area contributed by atoms with E-state index in [-0.39, 0.29) is 41.8 Å². The van der Waals surface area contributed by atoms with E-state index in [0.29, 0.717) is 0 Å². The SMILES string of the molecule is Cl.Cl.N[C@@H](CS)C(=O)O.N[C@@H](CS)C(=O)O.O. The van der Waals surface area contributed by atoms with Gasteiger partial charge in [-0.05, 0) is 0 Å². The van der Waals surface area contributed by atoms with Crippen LogP contribution in [0.5, 0.6) is 0 Å². The van der Waals surface area contributed by atoms with Gasteiger partial charge in [-0.15, -0.1) is 24.8 Å². The zero-order chi connectivity index (χ0) is 11.7. The molecule has 0 aromatic rings. The van der Waals surface area contributed by atoms with Gasteiger partial charge in [0.2, 0.25) is 0 Å². The summed E-state index contributed by atoms with van der Waals surface area (Å²) >= 11 is 7.30.